The van der Waals surface area contributed by atoms with E-state index in [1.165, 1.54) is 23.0 Å². The molecule has 0 saturated carbocycles. The van der Waals surface area contributed by atoms with E-state index in [2.05, 4.69) is 41.2 Å². The number of aromatic nitrogens is 5. The minimum atomic E-state index is -0.604. The average Bonchev–Trinajstić information content (AvgIpc) is 3.35. The van der Waals surface area contributed by atoms with Crippen LogP contribution in [0.3, 0.4) is 0 Å². The van der Waals surface area contributed by atoms with E-state index >= 15 is 0 Å². The number of pyridine rings is 2. The zero-order valence-electron chi connectivity index (χ0n) is 20.0. The molecule has 0 aliphatic rings. The van der Waals surface area contributed by atoms with Gasteiger partial charge in [-0.05, 0) is 25.1 Å². The maximum Gasteiger partial charge on any atom is 0.270 e. The van der Waals surface area contributed by atoms with Crippen molar-refractivity contribution >= 4 is 23.3 Å². The van der Waals surface area contributed by atoms with Crippen molar-refractivity contribution in [3.05, 3.63) is 60.1 Å². The predicted molar refractivity (Wildman–Crippen MR) is 130 cm³/mol. The number of fused-ring (bicyclic) bond motifs is 1. The molecule has 0 aromatic carbocycles. The molecular weight excluding hydrogens is 455 g/mol. The van der Waals surface area contributed by atoms with Crippen molar-refractivity contribution in [2.75, 3.05) is 7.11 Å². The Balaban J connectivity index is 1.66. The van der Waals surface area contributed by atoms with Gasteiger partial charge in [0.05, 0.1) is 35.6 Å². The van der Waals surface area contributed by atoms with Crippen molar-refractivity contribution in [1.82, 2.24) is 29.5 Å². The standard InChI is InChI=1S/C24H27FN6O2S/c1-14(22-15(25)8-7-9-26-22)28-23(32)17-10-16(29-30(17)5)18-12-27-21-11-19(33-6)20(13-31(18)21)34-24(2,3)4/h7-14H,1-6H3,(H,28,32)/t14-/m1/s1. The third-order valence-electron chi connectivity index (χ3n) is 5.13. The molecule has 4 heterocycles. The number of nitrogens with one attached hydrogen (secondary N) is 1. The first-order valence-electron chi connectivity index (χ1n) is 10.8. The molecule has 0 fully saturated rings. The van der Waals surface area contributed by atoms with Gasteiger partial charge in [0.2, 0.25) is 0 Å². The van der Waals surface area contributed by atoms with Gasteiger partial charge in [-0.2, -0.15) is 5.10 Å². The van der Waals surface area contributed by atoms with Crippen LogP contribution >= 0.6 is 11.8 Å². The Labute approximate surface area is 201 Å². The second-order valence-electron chi connectivity index (χ2n) is 8.90. The Bertz CT molecular complexity index is 1360. The Kier molecular flexibility index (Phi) is 6.35. The van der Waals surface area contributed by atoms with Crippen LogP contribution in [0.4, 0.5) is 4.39 Å². The van der Waals surface area contributed by atoms with E-state index in [0.717, 1.165) is 16.3 Å². The lowest BCUT2D eigenvalue weighted by molar-refractivity contribution is 0.0929. The van der Waals surface area contributed by atoms with Gasteiger partial charge < -0.3 is 10.1 Å². The molecule has 10 heteroatoms. The number of carbonyl (C=O) groups excluding carboxylic acids is 1. The second kappa shape index (κ2) is 9.09. The molecule has 0 bridgehead atoms. The number of rotatable bonds is 6. The summed E-state index contributed by atoms with van der Waals surface area (Å²) in [6, 6.07) is 5.81. The maximum absolute atomic E-state index is 14.0. The first-order chi connectivity index (χ1) is 16.1. The van der Waals surface area contributed by atoms with Crippen LogP contribution in [-0.4, -0.2) is 41.9 Å². The summed E-state index contributed by atoms with van der Waals surface area (Å²) in [6.45, 7) is 8.10. The Hall–Kier alpha value is -3.40. The van der Waals surface area contributed by atoms with Crippen LogP contribution in [0.25, 0.3) is 17.0 Å². The molecule has 4 aromatic heterocycles. The summed E-state index contributed by atoms with van der Waals surface area (Å²) in [7, 11) is 3.33. The van der Waals surface area contributed by atoms with Crippen molar-refractivity contribution < 1.29 is 13.9 Å². The van der Waals surface area contributed by atoms with E-state index in [0.29, 0.717) is 17.0 Å². The van der Waals surface area contributed by atoms with Crippen LogP contribution in [0.5, 0.6) is 5.75 Å². The van der Waals surface area contributed by atoms with Gasteiger partial charge in [0.15, 0.2) is 0 Å². The van der Waals surface area contributed by atoms with E-state index in [-0.39, 0.29) is 16.3 Å². The van der Waals surface area contributed by atoms with Crippen molar-refractivity contribution in [3.8, 4) is 17.1 Å². The molecule has 1 N–H and O–H groups in total. The number of aryl methyl sites for hydroxylation is 1. The molecule has 178 valence electrons. The van der Waals surface area contributed by atoms with Crippen LogP contribution in [0.1, 0.15) is 49.9 Å². The monoisotopic (exact) mass is 482 g/mol. The number of nitrogens with zero attached hydrogens (tertiary/aromatic N) is 5. The topological polar surface area (TPSA) is 86.3 Å². The van der Waals surface area contributed by atoms with Crippen LogP contribution < -0.4 is 10.1 Å². The van der Waals surface area contributed by atoms with Gasteiger partial charge >= 0.3 is 0 Å². The van der Waals surface area contributed by atoms with Crippen LogP contribution in [-0.2, 0) is 7.05 Å². The van der Waals surface area contributed by atoms with Gasteiger partial charge in [-0.1, -0.05) is 20.8 Å². The number of thioether (sulfide) groups is 1. The van der Waals surface area contributed by atoms with E-state index < -0.39 is 11.9 Å². The first kappa shape index (κ1) is 23.7. The van der Waals surface area contributed by atoms with Gasteiger partial charge in [0.1, 0.15) is 28.6 Å². The molecule has 4 rings (SSSR count). The summed E-state index contributed by atoms with van der Waals surface area (Å²) >= 11 is 1.69. The van der Waals surface area contributed by atoms with Gasteiger partial charge in [-0.3, -0.25) is 18.9 Å². The highest BCUT2D eigenvalue weighted by Crippen LogP contribution is 2.39. The fraction of sp³-hybridized carbons (Fsp3) is 0.333. The van der Waals surface area contributed by atoms with Crippen molar-refractivity contribution in [2.24, 2.45) is 7.05 Å². The van der Waals surface area contributed by atoms with Crippen LogP contribution in [0.15, 0.2) is 47.8 Å². The smallest absolute Gasteiger partial charge is 0.270 e. The summed E-state index contributed by atoms with van der Waals surface area (Å²) in [5.74, 6) is -0.0919. The van der Waals surface area contributed by atoms with Crippen LogP contribution in [0, 0.1) is 5.82 Å². The minimum absolute atomic E-state index is 0.0122. The van der Waals surface area contributed by atoms with E-state index in [1.807, 2.05) is 16.7 Å². The molecule has 8 nitrogen and oxygen atoms in total. The number of methoxy groups -OCH3 is 1. The lowest BCUT2D eigenvalue weighted by Crippen LogP contribution is -2.29. The number of imidazole rings is 1. The molecule has 0 saturated heterocycles. The fourth-order valence-corrected chi connectivity index (χ4v) is 4.66. The minimum Gasteiger partial charge on any atom is -0.495 e. The molecular formula is C24H27FN6O2S. The molecule has 0 aliphatic carbocycles. The number of hydrogen-bond donors (Lipinski definition) is 1. The molecule has 0 radical (unpaired) electrons. The normalized spacial score (nSPS) is 12.7. The predicted octanol–water partition coefficient (Wildman–Crippen LogP) is 4.66. The van der Waals surface area contributed by atoms with Crippen molar-refractivity contribution in [1.29, 1.82) is 0 Å². The van der Waals surface area contributed by atoms with Crippen LogP contribution in [0.2, 0.25) is 0 Å². The van der Waals surface area contributed by atoms with Crippen molar-refractivity contribution in [3.63, 3.8) is 0 Å². The number of hydrogen-bond acceptors (Lipinski definition) is 6. The molecule has 34 heavy (non-hydrogen) atoms. The summed E-state index contributed by atoms with van der Waals surface area (Å²) in [6.07, 6.45) is 5.19. The summed E-state index contributed by atoms with van der Waals surface area (Å²) in [5, 5.41) is 7.33. The average molecular weight is 483 g/mol. The molecule has 1 atom stereocenters. The fourth-order valence-electron chi connectivity index (χ4n) is 3.60. The zero-order chi connectivity index (χ0) is 24.6. The Morgan fingerprint density at radius 3 is 2.71 bits per heavy atom. The highest BCUT2D eigenvalue weighted by atomic mass is 32.2. The molecule has 4 aromatic rings. The molecule has 1 amide bonds. The quantitative estimate of drug-likeness (QED) is 0.402. The molecule has 0 unspecified atom stereocenters. The Morgan fingerprint density at radius 1 is 1.26 bits per heavy atom. The number of ether oxygens (including phenoxy) is 1. The lowest BCUT2D eigenvalue weighted by atomic mass is 10.2. The number of amides is 1. The van der Waals surface area contributed by atoms with Gasteiger partial charge in [-0.15, -0.1) is 11.8 Å². The highest BCUT2D eigenvalue weighted by Gasteiger charge is 2.22. The summed E-state index contributed by atoms with van der Waals surface area (Å²) in [5.41, 5.74) is 2.56. The Morgan fingerprint density at radius 2 is 2.03 bits per heavy atom. The third-order valence-corrected chi connectivity index (χ3v) is 6.27. The first-order valence-corrected chi connectivity index (χ1v) is 11.6. The van der Waals surface area contributed by atoms with E-state index in [4.69, 9.17) is 4.74 Å². The second-order valence-corrected chi connectivity index (χ2v) is 10.8. The van der Waals surface area contributed by atoms with Gasteiger partial charge in [0.25, 0.3) is 5.91 Å². The highest BCUT2D eigenvalue weighted by molar-refractivity contribution is 8.00. The zero-order valence-corrected chi connectivity index (χ0v) is 20.8. The number of carbonyl (C=O) groups is 1. The number of halogens is 1. The summed E-state index contributed by atoms with van der Waals surface area (Å²) in [4.78, 5) is 22.4. The third kappa shape index (κ3) is 4.77. The van der Waals surface area contributed by atoms with E-state index in [1.54, 1.807) is 45.1 Å². The SMILES string of the molecule is COc1cc2ncc(-c3cc(C(=O)N[C@H](C)c4ncccc4F)n(C)n3)n2cc1SC(C)(C)C. The largest absolute Gasteiger partial charge is 0.495 e. The maximum atomic E-state index is 14.0. The summed E-state index contributed by atoms with van der Waals surface area (Å²) < 4.78 is 23.0. The van der Waals surface area contributed by atoms with Gasteiger partial charge in [-0.25, -0.2) is 9.37 Å². The van der Waals surface area contributed by atoms with Crippen molar-refractivity contribution in [2.45, 2.75) is 43.4 Å². The lowest BCUT2D eigenvalue weighted by Gasteiger charge is -2.19. The molecule has 0 aliphatic heterocycles. The molecule has 0 spiro atoms. The van der Waals surface area contributed by atoms with E-state index in [9.17, 15) is 9.18 Å². The van der Waals surface area contributed by atoms with Gasteiger partial charge in [0, 0.05) is 30.3 Å².